The highest BCUT2D eigenvalue weighted by Gasteiger charge is 2.36. The topological polar surface area (TPSA) is 25.2 Å². The van der Waals surface area contributed by atoms with Gasteiger partial charge in [-0.15, -0.1) is 0 Å². The normalized spacial score (nSPS) is 21.4. The number of furan rings is 1. The summed E-state index contributed by atoms with van der Waals surface area (Å²) in [5.41, 5.74) is 0.930. The fraction of sp³-hybridized carbons (Fsp3) is 0.333. The minimum absolute atomic E-state index is 0.210. The predicted molar refractivity (Wildman–Crippen MR) is 81.7 cm³/mol. The molecule has 1 aromatic carbocycles. The Morgan fingerprint density at radius 3 is 2.84 bits per heavy atom. The van der Waals surface area contributed by atoms with Crippen molar-refractivity contribution in [2.75, 3.05) is 5.32 Å². The molecule has 2 atom stereocenters. The Bertz CT molecular complexity index is 596. The lowest BCUT2D eigenvalue weighted by Gasteiger charge is -2.06. The summed E-state index contributed by atoms with van der Waals surface area (Å²) in [6.45, 7) is 2.87. The SMILES string of the molecule is CC1CC1c1ccc(CNc2ccc(F)cc2I)o1. The summed E-state index contributed by atoms with van der Waals surface area (Å²) in [4.78, 5) is 0. The van der Waals surface area contributed by atoms with Gasteiger partial charge in [0.2, 0.25) is 0 Å². The van der Waals surface area contributed by atoms with Crippen LogP contribution in [-0.4, -0.2) is 0 Å². The van der Waals surface area contributed by atoms with Crippen LogP contribution in [0.1, 0.15) is 30.8 Å². The van der Waals surface area contributed by atoms with Crippen LogP contribution in [0.3, 0.4) is 0 Å². The van der Waals surface area contributed by atoms with Crippen LogP contribution in [0, 0.1) is 15.3 Å². The molecule has 3 rings (SSSR count). The van der Waals surface area contributed by atoms with E-state index in [4.69, 9.17) is 4.42 Å². The van der Waals surface area contributed by atoms with E-state index in [-0.39, 0.29) is 5.82 Å². The van der Waals surface area contributed by atoms with Crippen LogP contribution >= 0.6 is 22.6 Å². The van der Waals surface area contributed by atoms with Crippen molar-refractivity contribution in [2.24, 2.45) is 5.92 Å². The van der Waals surface area contributed by atoms with Gasteiger partial charge in [-0.2, -0.15) is 0 Å². The van der Waals surface area contributed by atoms with Crippen LogP contribution in [0.2, 0.25) is 0 Å². The molecule has 1 aliphatic rings. The summed E-state index contributed by atoms with van der Waals surface area (Å²) in [5.74, 6) is 3.18. The number of benzene rings is 1. The molecule has 4 heteroatoms. The summed E-state index contributed by atoms with van der Waals surface area (Å²) in [6, 6.07) is 8.82. The van der Waals surface area contributed by atoms with E-state index in [1.807, 2.05) is 6.07 Å². The zero-order valence-corrected chi connectivity index (χ0v) is 12.8. The minimum Gasteiger partial charge on any atom is -0.464 e. The lowest BCUT2D eigenvalue weighted by molar-refractivity contribution is 0.468. The molecular formula is C15H15FINO. The lowest BCUT2D eigenvalue weighted by atomic mass is 10.3. The van der Waals surface area contributed by atoms with E-state index >= 15 is 0 Å². The molecule has 1 aromatic heterocycles. The molecule has 2 unspecified atom stereocenters. The Hall–Kier alpha value is -1.04. The van der Waals surface area contributed by atoms with E-state index in [2.05, 4.69) is 40.9 Å². The quantitative estimate of drug-likeness (QED) is 0.785. The highest BCUT2D eigenvalue weighted by Crippen LogP contribution is 2.47. The molecule has 1 saturated carbocycles. The van der Waals surface area contributed by atoms with Crippen molar-refractivity contribution >= 4 is 28.3 Å². The zero-order chi connectivity index (χ0) is 13.4. The standard InChI is InChI=1S/C15H15FINO/c1-9-6-12(9)15-5-3-11(19-15)8-18-14-4-2-10(16)7-13(14)17/h2-5,7,9,12,18H,6,8H2,1H3. The molecular weight excluding hydrogens is 356 g/mol. The van der Waals surface area contributed by atoms with Crippen molar-refractivity contribution in [2.45, 2.75) is 25.8 Å². The van der Waals surface area contributed by atoms with Crippen LogP contribution in [0.15, 0.2) is 34.7 Å². The van der Waals surface area contributed by atoms with Gasteiger partial charge in [0.1, 0.15) is 17.3 Å². The number of hydrogen-bond donors (Lipinski definition) is 1. The highest BCUT2D eigenvalue weighted by molar-refractivity contribution is 14.1. The maximum atomic E-state index is 13.0. The summed E-state index contributed by atoms with van der Waals surface area (Å²) in [5, 5.41) is 3.27. The van der Waals surface area contributed by atoms with E-state index in [1.165, 1.54) is 18.6 Å². The monoisotopic (exact) mass is 371 g/mol. The molecule has 0 spiro atoms. The fourth-order valence-electron chi connectivity index (χ4n) is 2.22. The van der Waals surface area contributed by atoms with E-state index < -0.39 is 0 Å². The van der Waals surface area contributed by atoms with Crippen molar-refractivity contribution in [1.82, 2.24) is 0 Å². The maximum absolute atomic E-state index is 13.0. The summed E-state index contributed by atoms with van der Waals surface area (Å²) < 4.78 is 19.7. The molecule has 0 amide bonds. The van der Waals surface area contributed by atoms with Crippen LogP contribution in [0.25, 0.3) is 0 Å². The van der Waals surface area contributed by atoms with E-state index in [1.54, 1.807) is 6.07 Å². The summed E-state index contributed by atoms with van der Waals surface area (Å²) in [7, 11) is 0. The molecule has 2 aromatic rings. The maximum Gasteiger partial charge on any atom is 0.124 e. The Morgan fingerprint density at radius 1 is 1.37 bits per heavy atom. The molecule has 1 aliphatic carbocycles. The highest BCUT2D eigenvalue weighted by atomic mass is 127. The molecule has 0 saturated heterocycles. The van der Waals surface area contributed by atoms with Gasteiger partial charge < -0.3 is 9.73 Å². The van der Waals surface area contributed by atoms with Gasteiger partial charge in [-0.05, 0) is 65.3 Å². The molecule has 0 aliphatic heterocycles. The van der Waals surface area contributed by atoms with Gasteiger partial charge in [-0.1, -0.05) is 6.92 Å². The molecule has 0 radical (unpaired) electrons. The van der Waals surface area contributed by atoms with Crippen molar-refractivity contribution < 1.29 is 8.81 Å². The van der Waals surface area contributed by atoms with E-state index in [9.17, 15) is 4.39 Å². The van der Waals surface area contributed by atoms with Gasteiger partial charge in [0.15, 0.2) is 0 Å². The third-order valence-electron chi connectivity index (χ3n) is 3.54. The Balaban J connectivity index is 1.64. The first-order valence-electron chi connectivity index (χ1n) is 6.41. The molecule has 0 bridgehead atoms. The summed E-state index contributed by atoms with van der Waals surface area (Å²) >= 11 is 2.12. The average molecular weight is 371 g/mol. The fourth-order valence-corrected chi connectivity index (χ4v) is 2.89. The second kappa shape index (κ2) is 5.15. The predicted octanol–water partition coefficient (Wildman–Crippen LogP) is 4.76. The molecule has 1 N–H and O–H groups in total. The Labute approximate surface area is 125 Å². The number of hydrogen-bond acceptors (Lipinski definition) is 2. The van der Waals surface area contributed by atoms with Gasteiger partial charge >= 0.3 is 0 Å². The van der Waals surface area contributed by atoms with Crippen molar-refractivity contribution in [3.05, 3.63) is 51.2 Å². The number of rotatable bonds is 4. The van der Waals surface area contributed by atoms with Crippen molar-refractivity contribution in [1.29, 1.82) is 0 Å². The van der Waals surface area contributed by atoms with Gasteiger partial charge in [0, 0.05) is 15.2 Å². The molecule has 19 heavy (non-hydrogen) atoms. The summed E-state index contributed by atoms with van der Waals surface area (Å²) in [6.07, 6.45) is 1.23. The first kappa shape index (κ1) is 13.0. The van der Waals surface area contributed by atoms with Crippen LogP contribution < -0.4 is 5.32 Å². The number of halogens is 2. The lowest BCUT2D eigenvalue weighted by Crippen LogP contribution is -2.00. The van der Waals surface area contributed by atoms with Crippen LogP contribution in [-0.2, 0) is 6.54 Å². The Kier molecular flexibility index (Phi) is 3.52. The van der Waals surface area contributed by atoms with Crippen molar-refractivity contribution in [3.8, 4) is 0 Å². The van der Waals surface area contributed by atoms with Crippen molar-refractivity contribution in [3.63, 3.8) is 0 Å². The second-order valence-corrected chi connectivity index (χ2v) is 6.26. The largest absolute Gasteiger partial charge is 0.464 e. The first-order valence-corrected chi connectivity index (χ1v) is 7.49. The van der Waals surface area contributed by atoms with Gasteiger partial charge in [0.05, 0.1) is 6.54 Å². The van der Waals surface area contributed by atoms with Crippen LogP contribution in [0.4, 0.5) is 10.1 Å². The molecule has 2 nitrogen and oxygen atoms in total. The third kappa shape index (κ3) is 2.94. The van der Waals surface area contributed by atoms with E-state index in [0.29, 0.717) is 12.5 Å². The third-order valence-corrected chi connectivity index (χ3v) is 4.43. The average Bonchev–Trinajstić information content (AvgIpc) is 2.91. The van der Waals surface area contributed by atoms with E-state index in [0.717, 1.165) is 26.7 Å². The van der Waals surface area contributed by atoms with Gasteiger partial charge in [-0.3, -0.25) is 0 Å². The number of anilines is 1. The first-order chi connectivity index (χ1) is 9.13. The van der Waals surface area contributed by atoms with Gasteiger partial charge in [-0.25, -0.2) is 4.39 Å². The smallest absolute Gasteiger partial charge is 0.124 e. The Morgan fingerprint density at radius 2 is 2.16 bits per heavy atom. The molecule has 1 fully saturated rings. The molecule has 1 heterocycles. The number of nitrogens with one attached hydrogen (secondary N) is 1. The second-order valence-electron chi connectivity index (χ2n) is 5.10. The minimum atomic E-state index is -0.210. The molecule has 100 valence electrons. The van der Waals surface area contributed by atoms with Crippen LogP contribution in [0.5, 0.6) is 0 Å². The zero-order valence-electron chi connectivity index (χ0n) is 10.6. The van der Waals surface area contributed by atoms with Gasteiger partial charge in [0.25, 0.3) is 0 Å².